The van der Waals surface area contributed by atoms with Crippen molar-refractivity contribution in [3.05, 3.63) is 104 Å². The van der Waals surface area contributed by atoms with Crippen LogP contribution in [0.2, 0.25) is 0 Å². The predicted octanol–water partition coefficient (Wildman–Crippen LogP) is 4.90. The second-order valence-electron chi connectivity index (χ2n) is 10.3. The molecule has 186 valence electrons. The minimum Gasteiger partial charge on any atom is -0.508 e. The smallest absolute Gasteiger partial charge is 0.257 e. The van der Waals surface area contributed by atoms with Crippen molar-refractivity contribution in [2.75, 3.05) is 0 Å². The maximum absolute atomic E-state index is 14.2. The molecule has 7 heteroatoms. The maximum atomic E-state index is 14.2. The molecule has 37 heavy (non-hydrogen) atoms. The summed E-state index contributed by atoms with van der Waals surface area (Å²) in [4.78, 5) is 29.8. The Balaban J connectivity index is 1.61. The van der Waals surface area contributed by atoms with Crippen molar-refractivity contribution < 1.29 is 19.8 Å². The lowest BCUT2D eigenvalue weighted by Gasteiger charge is -2.50. The lowest BCUT2D eigenvalue weighted by atomic mass is 9.74. The largest absolute Gasteiger partial charge is 0.508 e. The Morgan fingerprint density at radius 3 is 2.43 bits per heavy atom. The summed E-state index contributed by atoms with van der Waals surface area (Å²) in [5.41, 5.74) is 1.95. The Labute approximate surface area is 228 Å². The molecule has 3 aromatic carbocycles. The number of fused-ring (bicyclic) bond motifs is 7. The molecule has 0 aromatic heterocycles. The molecule has 0 saturated heterocycles. The van der Waals surface area contributed by atoms with E-state index in [1.54, 1.807) is 35.2 Å². The highest BCUT2D eigenvalue weighted by Crippen LogP contribution is 2.57. The zero-order valence-electron chi connectivity index (χ0n) is 19.9. The topological polar surface area (TPSA) is 89.9 Å². The molecule has 3 aromatic rings. The number of aliphatic hydroxyl groups is 1. The van der Waals surface area contributed by atoms with Gasteiger partial charge in [0.15, 0.2) is 11.5 Å². The molecule has 1 amide bonds. The molecule has 2 aliphatic carbocycles. The fourth-order valence-electron chi connectivity index (χ4n) is 6.94. The van der Waals surface area contributed by atoms with Crippen molar-refractivity contribution in [2.24, 2.45) is 0 Å². The number of hydrogen-bond donors (Lipinski definition) is 3. The summed E-state index contributed by atoms with van der Waals surface area (Å²) in [6, 6.07) is 19.4. The minimum atomic E-state index is -1.85. The number of aromatic hydroxyl groups is 1. The van der Waals surface area contributed by atoms with Crippen molar-refractivity contribution in [3.63, 3.8) is 0 Å². The molecule has 2 aliphatic heterocycles. The lowest BCUT2D eigenvalue weighted by molar-refractivity contribution is -0.124. The first-order valence-corrected chi connectivity index (χ1v) is 13.8. The number of benzene rings is 3. The van der Waals surface area contributed by atoms with Crippen molar-refractivity contribution >= 4 is 40.0 Å². The third kappa shape index (κ3) is 3.07. The summed E-state index contributed by atoms with van der Waals surface area (Å²) in [5.74, 6) is -1.45. The van der Waals surface area contributed by atoms with Crippen molar-refractivity contribution in [3.8, 4) is 5.75 Å². The van der Waals surface area contributed by atoms with Gasteiger partial charge in [0, 0.05) is 43.0 Å². The number of phenols is 1. The van der Waals surface area contributed by atoms with E-state index in [1.165, 1.54) is 0 Å². The summed E-state index contributed by atoms with van der Waals surface area (Å²) >= 11 is 2.17. The van der Waals surface area contributed by atoms with Crippen molar-refractivity contribution in [1.29, 1.82) is 0 Å². The van der Waals surface area contributed by atoms with E-state index in [2.05, 4.69) is 27.9 Å². The van der Waals surface area contributed by atoms with Crippen LogP contribution in [0.1, 0.15) is 69.0 Å². The van der Waals surface area contributed by atoms with Crippen LogP contribution in [0.3, 0.4) is 0 Å². The second kappa shape index (κ2) is 8.16. The van der Waals surface area contributed by atoms with E-state index in [0.717, 1.165) is 34.8 Å². The fraction of sp³-hybridized carbons (Fsp3) is 0.267. The van der Waals surface area contributed by atoms with Gasteiger partial charge in [0.05, 0.1) is 17.7 Å². The third-order valence-corrected chi connectivity index (χ3v) is 9.15. The van der Waals surface area contributed by atoms with Crippen LogP contribution in [-0.4, -0.2) is 38.9 Å². The number of nitrogens with zero attached hydrogens (tertiary/aromatic N) is 1. The molecule has 7 rings (SSSR count). The number of rotatable bonds is 1. The van der Waals surface area contributed by atoms with E-state index in [0.29, 0.717) is 33.5 Å². The molecule has 1 fully saturated rings. The Morgan fingerprint density at radius 2 is 1.62 bits per heavy atom. The van der Waals surface area contributed by atoms with Crippen molar-refractivity contribution in [1.82, 2.24) is 10.2 Å². The number of carbonyl (C=O) groups is 2. The van der Waals surface area contributed by atoms with E-state index in [-0.39, 0.29) is 29.5 Å². The van der Waals surface area contributed by atoms with Crippen LogP contribution in [0.5, 0.6) is 5.75 Å². The molecule has 0 bridgehead atoms. The van der Waals surface area contributed by atoms with Gasteiger partial charge in [0.1, 0.15) is 5.75 Å². The Kier molecular flexibility index (Phi) is 5.07. The van der Waals surface area contributed by atoms with Gasteiger partial charge in [-0.3, -0.25) is 9.59 Å². The molecular formula is C30H25IN2O4. The van der Waals surface area contributed by atoms with E-state index in [9.17, 15) is 19.8 Å². The normalized spacial score (nSPS) is 27.9. The van der Waals surface area contributed by atoms with Gasteiger partial charge in [0.2, 0.25) is 0 Å². The number of halogens is 1. The van der Waals surface area contributed by atoms with E-state index < -0.39 is 11.6 Å². The third-order valence-electron chi connectivity index (χ3n) is 8.48. The first kappa shape index (κ1) is 23.0. The zero-order valence-corrected chi connectivity index (χ0v) is 22.1. The predicted molar refractivity (Wildman–Crippen MR) is 147 cm³/mol. The van der Waals surface area contributed by atoms with Gasteiger partial charge in [0.25, 0.3) is 5.91 Å². The summed E-state index contributed by atoms with van der Waals surface area (Å²) in [6.45, 7) is 0. The Hall–Kier alpha value is -3.17. The van der Waals surface area contributed by atoms with Crippen molar-refractivity contribution in [2.45, 2.75) is 49.4 Å². The van der Waals surface area contributed by atoms with Crippen LogP contribution >= 0.6 is 22.6 Å². The molecule has 4 aliphatic rings. The molecule has 1 saturated carbocycles. The van der Waals surface area contributed by atoms with Gasteiger partial charge in [-0.2, -0.15) is 0 Å². The molecule has 0 spiro atoms. The van der Waals surface area contributed by atoms with Gasteiger partial charge in [-0.05, 0) is 59.7 Å². The van der Waals surface area contributed by atoms with E-state index in [4.69, 9.17) is 0 Å². The molecule has 2 heterocycles. The number of hydrogen-bond acceptors (Lipinski definition) is 5. The lowest BCUT2D eigenvalue weighted by Crippen LogP contribution is -2.61. The molecule has 3 N–H and O–H groups in total. The van der Waals surface area contributed by atoms with Crippen LogP contribution in [0.25, 0.3) is 5.70 Å². The summed E-state index contributed by atoms with van der Waals surface area (Å²) in [7, 11) is 0. The molecular weight excluding hydrogens is 579 g/mol. The highest BCUT2D eigenvalue weighted by atomic mass is 127. The number of amides is 1. The van der Waals surface area contributed by atoms with E-state index in [1.807, 2.05) is 36.4 Å². The molecule has 6 nitrogen and oxygen atoms in total. The minimum absolute atomic E-state index is 0.0213. The summed E-state index contributed by atoms with van der Waals surface area (Å²) in [5, 5.41) is 27.9. The monoisotopic (exact) mass is 604 g/mol. The molecule has 4 unspecified atom stereocenters. The summed E-state index contributed by atoms with van der Waals surface area (Å²) in [6.07, 6.45) is 3.51. The zero-order chi connectivity index (χ0) is 25.5. The Bertz CT molecular complexity index is 1530. The van der Waals surface area contributed by atoms with Crippen LogP contribution in [0.15, 0.2) is 72.3 Å². The van der Waals surface area contributed by atoms with Gasteiger partial charge >= 0.3 is 0 Å². The van der Waals surface area contributed by atoms with Gasteiger partial charge < -0.3 is 20.4 Å². The number of nitrogens with one attached hydrogen (secondary N) is 1. The van der Waals surface area contributed by atoms with Gasteiger partial charge in [-0.1, -0.05) is 55.3 Å². The number of phenolic OH excluding ortho intramolecular Hbond substituents is 1. The number of ketones is 1. The quantitative estimate of drug-likeness (QED) is 0.344. The fourth-order valence-corrected chi connectivity index (χ4v) is 7.46. The van der Waals surface area contributed by atoms with Crippen LogP contribution < -0.4 is 5.32 Å². The molecule has 4 atom stereocenters. The molecule has 0 radical (unpaired) electrons. The van der Waals surface area contributed by atoms with Gasteiger partial charge in [-0.25, -0.2) is 0 Å². The first-order chi connectivity index (χ1) is 17.9. The number of Topliss-reactive ketones (excluding diaryl/α,β-unsaturated/α-hetero) is 1. The van der Waals surface area contributed by atoms with E-state index >= 15 is 0 Å². The second-order valence-corrected chi connectivity index (χ2v) is 11.6. The summed E-state index contributed by atoms with van der Waals surface area (Å²) < 4.78 is 0.855. The highest BCUT2D eigenvalue weighted by molar-refractivity contribution is 14.1. The standard InChI is InChI=1S/C30H25IN2O4/c31-16-13-14-24(34)20(15-16)26-25-27(17-7-1-2-8-18(17)28(25)35)32-22-11-5-6-12-23(22)33-29(36)19-9-3-4-10-21(19)30(26,33)37/h1-4,7-10,13-15,22-23,26,32,34,37H,5-6,11-12H2. The average molecular weight is 604 g/mol. The van der Waals surface area contributed by atoms with Crippen LogP contribution in [0, 0.1) is 3.57 Å². The number of carbonyl (C=O) groups excluding carboxylic acids is 2. The first-order valence-electron chi connectivity index (χ1n) is 12.7. The Morgan fingerprint density at radius 1 is 0.919 bits per heavy atom. The highest BCUT2D eigenvalue weighted by Gasteiger charge is 2.61. The SMILES string of the molecule is O=C1C2=C(NC3CCCCC3N3C(=O)c4ccccc4C3(O)C2c2cc(I)ccc2O)c2ccccc21. The van der Waals surface area contributed by atoms with Crippen LogP contribution in [0.4, 0.5) is 0 Å². The maximum Gasteiger partial charge on any atom is 0.257 e. The average Bonchev–Trinajstić information content (AvgIpc) is 3.30. The van der Waals surface area contributed by atoms with Crippen LogP contribution in [-0.2, 0) is 5.72 Å². The van der Waals surface area contributed by atoms with Gasteiger partial charge in [-0.15, -0.1) is 0 Å².